The minimum atomic E-state index is 0.234. The molecule has 1 aromatic carbocycles. The SMILES string of the molecule is NCCSCC(=O)N1CCc2ccccc2C1. The van der Waals surface area contributed by atoms with Crippen molar-refractivity contribution in [1.82, 2.24) is 4.90 Å². The van der Waals surface area contributed by atoms with E-state index in [2.05, 4.69) is 18.2 Å². The molecule has 0 unspecified atom stereocenters. The monoisotopic (exact) mass is 250 g/mol. The van der Waals surface area contributed by atoms with E-state index in [9.17, 15) is 4.79 Å². The zero-order valence-corrected chi connectivity index (χ0v) is 10.7. The Hall–Kier alpha value is -1.00. The van der Waals surface area contributed by atoms with Crippen molar-refractivity contribution < 1.29 is 4.79 Å². The number of amides is 1. The molecule has 0 saturated heterocycles. The minimum Gasteiger partial charge on any atom is -0.337 e. The van der Waals surface area contributed by atoms with Crippen LogP contribution in [0.25, 0.3) is 0 Å². The van der Waals surface area contributed by atoms with E-state index in [-0.39, 0.29) is 5.91 Å². The van der Waals surface area contributed by atoms with Crippen LogP contribution in [0.2, 0.25) is 0 Å². The fourth-order valence-electron chi connectivity index (χ4n) is 2.04. The standard InChI is InChI=1S/C13H18N2OS/c14-6-8-17-10-13(16)15-7-5-11-3-1-2-4-12(11)9-15/h1-4H,5-10,14H2. The Morgan fingerprint density at radius 1 is 1.35 bits per heavy atom. The van der Waals surface area contributed by atoms with Gasteiger partial charge in [-0.2, -0.15) is 11.8 Å². The normalized spacial score (nSPS) is 14.5. The van der Waals surface area contributed by atoms with Crippen molar-refractivity contribution in [1.29, 1.82) is 0 Å². The first-order valence-electron chi connectivity index (χ1n) is 5.93. The van der Waals surface area contributed by atoms with E-state index in [1.54, 1.807) is 11.8 Å². The predicted octanol–water partition coefficient (Wildman–Crippen LogP) is 1.26. The van der Waals surface area contributed by atoms with Crippen LogP contribution in [0.3, 0.4) is 0 Å². The summed E-state index contributed by atoms with van der Waals surface area (Å²) in [4.78, 5) is 13.9. The van der Waals surface area contributed by atoms with Gasteiger partial charge >= 0.3 is 0 Å². The van der Waals surface area contributed by atoms with Crippen molar-refractivity contribution in [2.45, 2.75) is 13.0 Å². The largest absolute Gasteiger partial charge is 0.337 e. The molecule has 4 heteroatoms. The number of benzene rings is 1. The smallest absolute Gasteiger partial charge is 0.232 e. The van der Waals surface area contributed by atoms with E-state index in [1.165, 1.54) is 11.1 Å². The lowest BCUT2D eigenvalue weighted by Gasteiger charge is -2.28. The molecule has 0 atom stereocenters. The number of nitrogens with two attached hydrogens (primary N) is 1. The first-order valence-corrected chi connectivity index (χ1v) is 7.09. The summed E-state index contributed by atoms with van der Waals surface area (Å²) in [5.41, 5.74) is 8.08. The van der Waals surface area contributed by atoms with Gasteiger partial charge in [0.05, 0.1) is 5.75 Å². The molecular weight excluding hydrogens is 232 g/mol. The van der Waals surface area contributed by atoms with Crippen molar-refractivity contribution in [2.24, 2.45) is 5.73 Å². The lowest BCUT2D eigenvalue weighted by Crippen LogP contribution is -2.37. The third kappa shape index (κ3) is 3.23. The van der Waals surface area contributed by atoms with Crippen LogP contribution in [0.1, 0.15) is 11.1 Å². The average Bonchev–Trinajstić information content (AvgIpc) is 2.38. The second-order valence-electron chi connectivity index (χ2n) is 4.18. The maximum atomic E-state index is 11.9. The molecule has 92 valence electrons. The molecule has 1 amide bonds. The van der Waals surface area contributed by atoms with E-state index >= 15 is 0 Å². The molecule has 0 aromatic heterocycles. The zero-order chi connectivity index (χ0) is 12.1. The maximum Gasteiger partial charge on any atom is 0.232 e. The molecule has 0 aliphatic carbocycles. The second kappa shape index (κ2) is 6.07. The van der Waals surface area contributed by atoms with Gasteiger partial charge in [-0.25, -0.2) is 0 Å². The molecule has 1 aromatic rings. The predicted molar refractivity (Wildman–Crippen MR) is 71.9 cm³/mol. The highest BCUT2D eigenvalue weighted by molar-refractivity contribution is 7.99. The third-order valence-electron chi connectivity index (χ3n) is 2.97. The summed E-state index contributed by atoms with van der Waals surface area (Å²) in [5.74, 6) is 1.65. The average molecular weight is 250 g/mol. The van der Waals surface area contributed by atoms with Crippen molar-refractivity contribution in [3.63, 3.8) is 0 Å². The number of thioether (sulfide) groups is 1. The first-order chi connectivity index (χ1) is 8.31. The van der Waals surface area contributed by atoms with Crippen LogP contribution in [0.5, 0.6) is 0 Å². The molecule has 2 rings (SSSR count). The Morgan fingerprint density at radius 2 is 2.12 bits per heavy atom. The minimum absolute atomic E-state index is 0.234. The van der Waals surface area contributed by atoms with Gasteiger partial charge in [0.1, 0.15) is 0 Å². The topological polar surface area (TPSA) is 46.3 Å². The quantitative estimate of drug-likeness (QED) is 0.818. The Balaban J connectivity index is 1.91. The Morgan fingerprint density at radius 3 is 2.88 bits per heavy atom. The van der Waals surface area contributed by atoms with Gasteiger partial charge in [0.15, 0.2) is 0 Å². The molecule has 1 aliphatic rings. The number of carbonyl (C=O) groups is 1. The Bertz CT molecular complexity index is 395. The van der Waals surface area contributed by atoms with E-state index < -0.39 is 0 Å². The highest BCUT2D eigenvalue weighted by Crippen LogP contribution is 2.19. The van der Waals surface area contributed by atoms with E-state index in [0.717, 1.165) is 25.3 Å². The summed E-state index contributed by atoms with van der Waals surface area (Å²) in [6, 6.07) is 8.37. The zero-order valence-electron chi connectivity index (χ0n) is 9.89. The molecule has 1 heterocycles. The summed E-state index contributed by atoms with van der Waals surface area (Å²) in [6.07, 6.45) is 0.976. The summed E-state index contributed by atoms with van der Waals surface area (Å²) >= 11 is 1.62. The van der Waals surface area contributed by atoms with E-state index in [0.29, 0.717) is 12.3 Å². The van der Waals surface area contributed by atoms with Crippen LogP contribution in [-0.4, -0.2) is 35.4 Å². The first kappa shape index (κ1) is 12.5. The second-order valence-corrected chi connectivity index (χ2v) is 5.28. The fourth-order valence-corrected chi connectivity index (χ4v) is 2.71. The third-order valence-corrected chi connectivity index (χ3v) is 3.95. The van der Waals surface area contributed by atoms with Gasteiger partial charge in [0.25, 0.3) is 0 Å². The number of rotatable bonds is 4. The van der Waals surface area contributed by atoms with Crippen molar-refractivity contribution >= 4 is 17.7 Å². The highest BCUT2D eigenvalue weighted by atomic mass is 32.2. The fraction of sp³-hybridized carbons (Fsp3) is 0.462. The summed E-state index contributed by atoms with van der Waals surface area (Å²) in [7, 11) is 0. The van der Waals surface area contributed by atoms with E-state index in [4.69, 9.17) is 5.73 Å². The van der Waals surface area contributed by atoms with Crippen molar-refractivity contribution in [2.75, 3.05) is 24.6 Å². The molecule has 0 radical (unpaired) electrons. The van der Waals surface area contributed by atoms with Gasteiger partial charge in [0, 0.05) is 25.4 Å². The van der Waals surface area contributed by atoms with Crippen LogP contribution in [0.15, 0.2) is 24.3 Å². The molecule has 0 spiro atoms. The van der Waals surface area contributed by atoms with Crippen LogP contribution in [0.4, 0.5) is 0 Å². The van der Waals surface area contributed by atoms with Crippen molar-refractivity contribution in [3.05, 3.63) is 35.4 Å². The number of hydrogen-bond donors (Lipinski definition) is 1. The number of nitrogens with zero attached hydrogens (tertiary/aromatic N) is 1. The van der Waals surface area contributed by atoms with Gasteiger partial charge in [-0.1, -0.05) is 24.3 Å². The van der Waals surface area contributed by atoms with Gasteiger partial charge in [-0.3, -0.25) is 4.79 Å². The molecular formula is C13H18N2OS. The van der Waals surface area contributed by atoms with Crippen LogP contribution < -0.4 is 5.73 Å². The van der Waals surface area contributed by atoms with Crippen molar-refractivity contribution in [3.8, 4) is 0 Å². The van der Waals surface area contributed by atoms with Gasteiger partial charge in [0.2, 0.25) is 5.91 Å². The van der Waals surface area contributed by atoms with Gasteiger partial charge in [-0.05, 0) is 17.5 Å². The molecule has 3 nitrogen and oxygen atoms in total. The summed E-state index contributed by atoms with van der Waals surface area (Å²) < 4.78 is 0. The van der Waals surface area contributed by atoms with E-state index in [1.807, 2.05) is 11.0 Å². The highest BCUT2D eigenvalue weighted by Gasteiger charge is 2.19. The Labute approximate surface area is 106 Å². The lowest BCUT2D eigenvalue weighted by atomic mass is 10.00. The lowest BCUT2D eigenvalue weighted by molar-refractivity contribution is -0.129. The van der Waals surface area contributed by atoms with Crippen LogP contribution >= 0.6 is 11.8 Å². The summed E-state index contributed by atoms with van der Waals surface area (Å²) in [5, 5.41) is 0. The molecule has 1 aliphatic heterocycles. The number of hydrogen-bond acceptors (Lipinski definition) is 3. The van der Waals surface area contributed by atoms with Gasteiger partial charge in [-0.15, -0.1) is 0 Å². The Kier molecular flexibility index (Phi) is 4.45. The molecule has 17 heavy (non-hydrogen) atoms. The molecule has 0 bridgehead atoms. The summed E-state index contributed by atoms with van der Waals surface area (Å²) in [6.45, 7) is 2.25. The molecule has 2 N–H and O–H groups in total. The molecule has 0 fully saturated rings. The number of fused-ring (bicyclic) bond motifs is 1. The van der Waals surface area contributed by atoms with Gasteiger partial charge < -0.3 is 10.6 Å². The molecule has 0 saturated carbocycles. The number of carbonyl (C=O) groups excluding carboxylic acids is 1. The maximum absolute atomic E-state index is 11.9. The van der Waals surface area contributed by atoms with Crippen LogP contribution in [-0.2, 0) is 17.8 Å². The van der Waals surface area contributed by atoms with Crippen LogP contribution in [0, 0.1) is 0 Å².